The SMILES string of the molecule is COc1ccc(Nc2cc(C(=O)N3CCCCCC3)nc(C)n2)c(OC)c1. The topological polar surface area (TPSA) is 76.6 Å². The Bertz CT molecular complexity index is 802. The number of likely N-dealkylation sites (tertiary alicyclic amines) is 1. The minimum absolute atomic E-state index is 0.0351. The van der Waals surface area contributed by atoms with E-state index in [-0.39, 0.29) is 5.91 Å². The quantitative estimate of drug-likeness (QED) is 0.867. The summed E-state index contributed by atoms with van der Waals surface area (Å²) in [6.07, 6.45) is 4.45. The lowest BCUT2D eigenvalue weighted by Crippen LogP contribution is -2.32. The molecule has 2 aromatic rings. The second-order valence-electron chi connectivity index (χ2n) is 6.58. The van der Waals surface area contributed by atoms with E-state index in [2.05, 4.69) is 15.3 Å². The van der Waals surface area contributed by atoms with Crippen molar-refractivity contribution in [3.63, 3.8) is 0 Å². The molecule has 7 heteroatoms. The van der Waals surface area contributed by atoms with Crippen molar-refractivity contribution >= 4 is 17.4 Å². The Kier molecular flexibility index (Phi) is 6.11. The summed E-state index contributed by atoms with van der Waals surface area (Å²) in [5.41, 5.74) is 1.16. The third-order valence-electron chi connectivity index (χ3n) is 4.62. The number of carbonyl (C=O) groups excluding carboxylic acids is 1. The molecule has 0 aliphatic carbocycles. The first-order chi connectivity index (χ1) is 13.1. The molecule has 7 nitrogen and oxygen atoms in total. The minimum Gasteiger partial charge on any atom is -0.497 e. The van der Waals surface area contributed by atoms with Crippen LogP contribution in [0.25, 0.3) is 0 Å². The molecule has 0 bridgehead atoms. The molecule has 0 radical (unpaired) electrons. The van der Waals surface area contributed by atoms with Crippen LogP contribution in [0.1, 0.15) is 42.0 Å². The molecule has 2 heterocycles. The number of carbonyl (C=O) groups is 1. The van der Waals surface area contributed by atoms with Crippen LogP contribution >= 0.6 is 0 Å². The first-order valence-electron chi connectivity index (χ1n) is 9.24. The van der Waals surface area contributed by atoms with Crippen molar-refractivity contribution in [2.24, 2.45) is 0 Å². The zero-order valence-electron chi connectivity index (χ0n) is 16.1. The standard InChI is InChI=1S/C20H26N4O3/c1-14-21-17(20(25)24-10-6-4-5-7-11-24)13-19(22-14)23-16-9-8-15(26-2)12-18(16)27-3/h8-9,12-13H,4-7,10-11H2,1-3H3,(H,21,22,23). The lowest BCUT2D eigenvalue weighted by Gasteiger charge is -2.20. The number of anilines is 2. The Balaban J connectivity index is 1.84. The van der Waals surface area contributed by atoms with E-state index in [1.54, 1.807) is 33.3 Å². The average Bonchev–Trinajstić information content (AvgIpc) is 2.96. The van der Waals surface area contributed by atoms with Crippen LogP contribution in [0.2, 0.25) is 0 Å². The summed E-state index contributed by atoms with van der Waals surface area (Å²) in [7, 11) is 3.20. The number of methoxy groups -OCH3 is 2. The Hall–Kier alpha value is -2.83. The molecule has 1 aliphatic heterocycles. The van der Waals surface area contributed by atoms with Crippen molar-refractivity contribution in [3.8, 4) is 11.5 Å². The van der Waals surface area contributed by atoms with Gasteiger partial charge < -0.3 is 19.7 Å². The first kappa shape index (κ1) is 18.9. The lowest BCUT2D eigenvalue weighted by atomic mass is 10.2. The van der Waals surface area contributed by atoms with E-state index in [0.717, 1.165) is 31.6 Å². The molecule has 0 unspecified atom stereocenters. The van der Waals surface area contributed by atoms with Gasteiger partial charge in [-0.15, -0.1) is 0 Å². The van der Waals surface area contributed by atoms with Crippen molar-refractivity contribution in [2.75, 3.05) is 32.6 Å². The van der Waals surface area contributed by atoms with Crippen molar-refractivity contribution in [1.29, 1.82) is 0 Å². The Morgan fingerprint density at radius 1 is 1.04 bits per heavy atom. The van der Waals surface area contributed by atoms with Gasteiger partial charge in [-0.1, -0.05) is 12.8 Å². The lowest BCUT2D eigenvalue weighted by molar-refractivity contribution is 0.0755. The molecule has 0 saturated carbocycles. The summed E-state index contributed by atoms with van der Waals surface area (Å²) in [6.45, 7) is 3.36. The number of nitrogens with zero attached hydrogens (tertiary/aromatic N) is 3. The Morgan fingerprint density at radius 2 is 1.78 bits per heavy atom. The van der Waals surface area contributed by atoms with E-state index in [1.165, 1.54) is 12.8 Å². The number of benzene rings is 1. The highest BCUT2D eigenvalue weighted by Crippen LogP contribution is 2.31. The fraction of sp³-hybridized carbons (Fsp3) is 0.450. The number of aryl methyl sites for hydroxylation is 1. The van der Waals surface area contributed by atoms with E-state index in [0.29, 0.717) is 28.8 Å². The molecule has 0 spiro atoms. The highest BCUT2D eigenvalue weighted by Gasteiger charge is 2.20. The molecule has 1 N–H and O–H groups in total. The van der Waals surface area contributed by atoms with E-state index in [1.807, 2.05) is 17.0 Å². The number of rotatable bonds is 5. The van der Waals surface area contributed by atoms with E-state index in [9.17, 15) is 4.79 Å². The fourth-order valence-corrected chi connectivity index (χ4v) is 3.22. The van der Waals surface area contributed by atoms with Gasteiger partial charge in [0.15, 0.2) is 0 Å². The smallest absolute Gasteiger partial charge is 0.272 e. The molecule has 1 saturated heterocycles. The summed E-state index contributed by atoms with van der Waals surface area (Å²) in [4.78, 5) is 23.5. The Labute approximate surface area is 159 Å². The molecule has 0 atom stereocenters. The van der Waals surface area contributed by atoms with Gasteiger partial charge in [0.2, 0.25) is 0 Å². The van der Waals surface area contributed by atoms with Crippen LogP contribution in [0.3, 0.4) is 0 Å². The van der Waals surface area contributed by atoms with Gasteiger partial charge in [0.05, 0.1) is 19.9 Å². The van der Waals surface area contributed by atoms with Crippen LogP contribution in [0, 0.1) is 6.92 Å². The number of hydrogen-bond donors (Lipinski definition) is 1. The van der Waals surface area contributed by atoms with Gasteiger partial charge in [-0.2, -0.15) is 0 Å². The second kappa shape index (κ2) is 8.70. The monoisotopic (exact) mass is 370 g/mol. The third kappa shape index (κ3) is 4.67. The number of nitrogens with one attached hydrogen (secondary N) is 1. The highest BCUT2D eigenvalue weighted by atomic mass is 16.5. The number of hydrogen-bond acceptors (Lipinski definition) is 6. The van der Waals surface area contributed by atoms with Crippen LogP contribution < -0.4 is 14.8 Å². The average molecular weight is 370 g/mol. The molecule has 1 amide bonds. The molecular formula is C20H26N4O3. The number of ether oxygens (including phenoxy) is 2. The fourth-order valence-electron chi connectivity index (χ4n) is 3.22. The predicted octanol–water partition coefficient (Wildman–Crippen LogP) is 3.56. The van der Waals surface area contributed by atoms with Crippen molar-refractivity contribution in [2.45, 2.75) is 32.6 Å². The van der Waals surface area contributed by atoms with Gasteiger partial charge >= 0.3 is 0 Å². The van der Waals surface area contributed by atoms with Gasteiger partial charge in [0.25, 0.3) is 5.91 Å². The molecule has 1 aromatic heterocycles. The van der Waals surface area contributed by atoms with Crippen molar-refractivity contribution in [1.82, 2.24) is 14.9 Å². The molecule has 1 aliphatic rings. The molecule has 3 rings (SSSR count). The summed E-state index contributed by atoms with van der Waals surface area (Å²) < 4.78 is 10.6. The van der Waals surface area contributed by atoms with Crippen LogP contribution in [0.4, 0.5) is 11.5 Å². The van der Waals surface area contributed by atoms with Crippen LogP contribution in [0.15, 0.2) is 24.3 Å². The molecular weight excluding hydrogens is 344 g/mol. The van der Waals surface area contributed by atoms with E-state index < -0.39 is 0 Å². The van der Waals surface area contributed by atoms with Crippen LogP contribution in [0.5, 0.6) is 11.5 Å². The number of amides is 1. The van der Waals surface area contributed by atoms with Crippen LogP contribution in [-0.4, -0.2) is 48.1 Å². The van der Waals surface area contributed by atoms with Gasteiger partial charge in [-0.05, 0) is 31.9 Å². The maximum Gasteiger partial charge on any atom is 0.272 e. The minimum atomic E-state index is -0.0351. The van der Waals surface area contributed by atoms with Crippen molar-refractivity contribution in [3.05, 3.63) is 35.8 Å². The zero-order chi connectivity index (χ0) is 19.2. The second-order valence-corrected chi connectivity index (χ2v) is 6.58. The number of aromatic nitrogens is 2. The van der Waals surface area contributed by atoms with Crippen molar-refractivity contribution < 1.29 is 14.3 Å². The zero-order valence-corrected chi connectivity index (χ0v) is 16.1. The molecule has 1 aromatic carbocycles. The Morgan fingerprint density at radius 3 is 2.44 bits per heavy atom. The van der Waals surface area contributed by atoms with Gasteiger partial charge in [0.1, 0.15) is 28.8 Å². The summed E-state index contributed by atoms with van der Waals surface area (Å²) >= 11 is 0. The van der Waals surface area contributed by atoms with Gasteiger partial charge in [0, 0.05) is 25.2 Å². The summed E-state index contributed by atoms with van der Waals surface area (Å²) in [5.74, 6) is 2.40. The third-order valence-corrected chi connectivity index (χ3v) is 4.62. The highest BCUT2D eigenvalue weighted by molar-refractivity contribution is 5.93. The molecule has 144 valence electrons. The predicted molar refractivity (Wildman–Crippen MR) is 104 cm³/mol. The van der Waals surface area contributed by atoms with E-state index in [4.69, 9.17) is 9.47 Å². The van der Waals surface area contributed by atoms with Gasteiger partial charge in [-0.25, -0.2) is 9.97 Å². The summed E-state index contributed by atoms with van der Waals surface area (Å²) in [5, 5.41) is 3.22. The largest absolute Gasteiger partial charge is 0.497 e. The normalized spacial score (nSPS) is 14.4. The maximum absolute atomic E-state index is 12.9. The maximum atomic E-state index is 12.9. The first-order valence-corrected chi connectivity index (χ1v) is 9.24. The molecule has 1 fully saturated rings. The van der Waals surface area contributed by atoms with Gasteiger partial charge in [-0.3, -0.25) is 4.79 Å². The summed E-state index contributed by atoms with van der Waals surface area (Å²) in [6, 6.07) is 7.18. The molecule has 27 heavy (non-hydrogen) atoms. The van der Waals surface area contributed by atoms with E-state index >= 15 is 0 Å². The van der Waals surface area contributed by atoms with Crippen LogP contribution in [-0.2, 0) is 0 Å².